The molecule has 1 aliphatic rings. The van der Waals surface area contributed by atoms with E-state index in [9.17, 15) is 13.2 Å². The van der Waals surface area contributed by atoms with Gasteiger partial charge in [-0.25, -0.2) is 4.68 Å². The van der Waals surface area contributed by atoms with Crippen LogP contribution in [0, 0.1) is 0 Å². The predicted octanol–water partition coefficient (Wildman–Crippen LogP) is 2.41. The van der Waals surface area contributed by atoms with E-state index in [-0.39, 0.29) is 6.61 Å². The van der Waals surface area contributed by atoms with Crippen LogP contribution in [-0.2, 0) is 4.74 Å². The Bertz CT molecular complexity index is 435. The van der Waals surface area contributed by atoms with Crippen LogP contribution in [0.25, 0.3) is 0 Å². The van der Waals surface area contributed by atoms with Gasteiger partial charge in [0.05, 0.1) is 6.04 Å². The first-order valence-electron chi connectivity index (χ1n) is 6.69. The van der Waals surface area contributed by atoms with Crippen molar-refractivity contribution in [3.63, 3.8) is 0 Å². The molecule has 8 heteroatoms. The highest BCUT2D eigenvalue weighted by molar-refractivity contribution is 5.33. The van der Waals surface area contributed by atoms with E-state index in [0.717, 1.165) is 12.4 Å². The van der Waals surface area contributed by atoms with Crippen LogP contribution in [0.4, 0.5) is 19.1 Å². The maximum atomic E-state index is 11.9. The maximum absolute atomic E-state index is 11.9. The molecule has 2 atom stereocenters. The van der Waals surface area contributed by atoms with Crippen molar-refractivity contribution in [3.05, 3.63) is 6.33 Å². The lowest BCUT2D eigenvalue weighted by Crippen LogP contribution is -2.42. The number of anilines is 1. The van der Waals surface area contributed by atoms with Crippen molar-refractivity contribution in [2.75, 3.05) is 24.7 Å². The second-order valence-corrected chi connectivity index (χ2v) is 5.15. The van der Waals surface area contributed by atoms with Crippen LogP contribution in [0.5, 0.6) is 0 Å². The molecule has 2 rings (SSSR count). The van der Waals surface area contributed by atoms with Crippen molar-refractivity contribution >= 4 is 5.95 Å². The Balaban J connectivity index is 1.83. The maximum Gasteiger partial charge on any atom is 0.411 e. The average molecular weight is 292 g/mol. The van der Waals surface area contributed by atoms with Gasteiger partial charge >= 0.3 is 6.18 Å². The molecular weight excluding hydrogens is 273 g/mol. The molecule has 0 saturated heterocycles. The Hall–Kier alpha value is -1.31. The van der Waals surface area contributed by atoms with E-state index in [1.807, 2.05) is 4.68 Å². The molecule has 20 heavy (non-hydrogen) atoms. The Kier molecular flexibility index (Phi) is 4.52. The zero-order chi connectivity index (χ0) is 14.8. The number of halogens is 3. The minimum Gasteiger partial charge on any atom is -0.372 e. The molecule has 0 aromatic carbocycles. The molecule has 0 spiro atoms. The number of hydrogen-bond donors (Lipinski definition) is 0. The Morgan fingerprint density at radius 3 is 2.80 bits per heavy atom. The summed E-state index contributed by atoms with van der Waals surface area (Å²) in [4.78, 5) is 6.31. The zero-order valence-corrected chi connectivity index (χ0v) is 11.6. The summed E-state index contributed by atoms with van der Waals surface area (Å²) in [7, 11) is 0. The van der Waals surface area contributed by atoms with E-state index in [1.54, 1.807) is 0 Å². The minimum absolute atomic E-state index is 0.0897. The number of nitrogens with zero attached hydrogens (tertiary/aromatic N) is 4. The molecule has 5 nitrogen and oxygen atoms in total. The van der Waals surface area contributed by atoms with Crippen LogP contribution in [0.2, 0.25) is 0 Å². The predicted molar refractivity (Wildman–Crippen MR) is 67.6 cm³/mol. The first-order chi connectivity index (χ1) is 9.38. The van der Waals surface area contributed by atoms with Gasteiger partial charge in [0, 0.05) is 19.2 Å². The van der Waals surface area contributed by atoms with Gasteiger partial charge in [0.25, 0.3) is 0 Å². The summed E-state index contributed by atoms with van der Waals surface area (Å²) in [5, 5.41) is 4.18. The van der Waals surface area contributed by atoms with Gasteiger partial charge in [-0.3, -0.25) is 0 Å². The minimum atomic E-state index is -4.26. The van der Waals surface area contributed by atoms with Gasteiger partial charge < -0.3 is 9.64 Å². The van der Waals surface area contributed by atoms with E-state index in [2.05, 4.69) is 33.6 Å². The number of aromatic nitrogens is 3. The first kappa shape index (κ1) is 15.1. The standard InChI is InChI=1S/C12H19F3N4O/c1-9-6-10(2)19-11(16-8-17-19)18(9)4-3-5-20-7-12(13,14)15/h8-10H,3-7H2,1-2H3/t9-,10+/m1/s1. The van der Waals surface area contributed by atoms with Gasteiger partial charge in [-0.05, 0) is 26.7 Å². The summed E-state index contributed by atoms with van der Waals surface area (Å²) in [6.07, 6.45) is -1.27. The van der Waals surface area contributed by atoms with Crippen molar-refractivity contribution in [2.45, 2.75) is 44.9 Å². The van der Waals surface area contributed by atoms with Gasteiger partial charge in [0.1, 0.15) is 12.9 Å². The molecule has 0 N–H and O–H groups in total. The SMILES string of the molecule is C[C@@H]1C[C@H](C)n2ncnc2N1CCCOCC(F)(F)F. The van der Waals surface area contributed by atoms with Gasteiger partial charge in [-0.15, -0.1) is 0 Å². The number of fused-ring (bicyclic) bond motifs is 1. The van der Waals surface area contributed by atoms with Crippen molar-refractivity contribution in [3.8, 4) is 0 Å². The lowest BCUT2D eigenvalue weighted by atomic mass is 10.1. The van der Waals surface area contributed by atoms with Crippen molar-refractivity contribution in [1.82, 2.24) is 14.8 Å². The second kappa shape index (κ2) is 5.99. The quantitative estimate of drug-likeness (QED) is 0.782. The van der Waals surface area contributed by atoms with Crippen molar-refractivity contribution in [2.24, 2.45) is 0 Å². The molecule has 114 valence electrons. The Morgan fingerprint density at radius 1 is 1.35 bits per heavy atom. The molecule has 0 radical (unpaired) electrons. The van der Waals surface area contributed by atoms with Crippen LogP contribution in [0.1, 0.15) is 32.7 Å². The fourth-order valence-corrected chi connectivity index (χ4v) is 2.52. The fraction of sp³-hybridized carbons (Fsp3) is 0.833. The number of rotatable bonds is 5. The lowest BCUT2D eigenvalue weighted by Gasteiger charge is -2.37. The van der Waals surface area contributed by atoms with E-state index in [0.29, 0.717) is 25.0 Å². The molecule has 0 fully saturated rings. The third-order valence-corrected chi connectivity index (χ3v) is 3.40. The first-order valence-corrected chi connectivity index (χ1v) is 6.69. The summed E-state index contributed by atoms with van der Waals surface area (Å²) in [5.41, 5.74) is 0. The molecule has 0 bridgehead atoms. The van der Waals surface area contributed by atoms with E-state index in [4.69, 9.17) is 0 Å². The summed E-state index contributed by atoms with van der Waals surface area (Å²) in [5.74, 6) is 0.784. The monoisotopic (exact) mass is 292 g/mol. The number of hydrogen-bond acceptors (Lipinski definition) is 4. The van der Waals surface area contributed by atoms with Gasteiger partial charge in [0.2, 0.25) is 5.95 Å². The smallest absolute Gasteiger partial charge is 0.372 e. The largest absolute Gasteiger partial charge is 0.411 e. The summed E-state index contributed by atoms with van der Waals surface area (Å²) in [6.45, 7) is 3.69. The van der Waals surface area contributed by atoms with E-state index < -0.39 is 12.8 Å². The fourth-order valence-electron chi connectivity index (χ4n) is 2.52. The highest BCUT2D eigenvalue weighted by atomic mass is 19.4. The van der Waals surface area contributed by atoms with E-state index >= 15 is 0 Å². The number of alkyl halides is 3. The highest BCUT2D eigenvalue weighted by Crippen LogP contribution is 2.29. The van der Waals surface area contributed by atoms with Crippen LogP contribution in [0.15, 0.2) is 6.33 Å². The molecule has 0 unspecified atom stereocenters. The molecule has 1 aliphatic heterocycles. The topological polar surface area (TPSA) is 43.2 Å². The Labute approximate surface area is 115 Å². The van der Waals surface area contributed by atoms with Crippen LogP contribution in [-0.4, -0.2) is 46.7 Å². The van der Waals surface area contributed by atoms with Crippen molar-refractivity contribution < 1.29 is 17.9 Å². The molecule has 1 aromatic rings. The normalized spacial score (nSPS) is 22.9. The van der Waals surface area contributed by atoms with Crippen molar-refractivity contribution in [1.29, 1.82) is 0 Å². The molecule has 0 amide bonds. The van der Waals surface area contributed by atoms with Gasteiger partial charge in [-0.1, -0.05) is 0 Å². The summed E-state index contributed by atoms with van der Waals surface area (Å²) < 4.78 is 42.3. The highest BCUT2D eigenvalue weighted by Gasteiger charge is 2.29. The molecular formula is C12H19F3N4O. The Morgan fingerprint density at radius 2 is 2.10 bits per heavy atom. The van der Waals surface area contributed by atoms with Gasteiger partial charge in [0.15, 0.2) is 0 Å². The third kappa shape index (κ3) is 3.62. The summed E-state index contributed by atoms with van der Waals surface area (Å²) in [6, 6.07) is 0.588. The zero-order valence-electron chi connectivity index (χ0n) is 11.6. The van der Waals surface area contributed by atoms with Gasteiger partial charge in [-0.2, -0.15) is 23.3 Å². The summed E-state index contributed by atoms with van der Waals surface area (Å²) >= 11 is 0. The lowest BCUT2D eigenvalue weighted by molar-refractivity contribution is -0.173. The molecule has 2 heterocycles. The third-order valence-electron chi connectivity index (χ3n) is 3.40. The van der Waals surface area contributed by atoms with Crippen LogP contribution in [0.3, 0.4) is 0 Å². The molecule has 0 aliphatic carbocycles. The van der Waals surface area contributed by atoms with Crippen LogP contribution < -0.4 is 4.90 Å². The second-order valence-electron chi connectivity index (χ2n) is 5.15. The number of ether oxygens (including phenoxy) is 1. The average Bonchev–Trinajstić information content (AvgIpc) is 2.80. The molecule has 1 aromatic heterocycles. The van der Waals surface area contributed by atoms with Crippen LogP contribution >= 0.6 is 0 Å². The molecule has 0 saturated carbocycles. The van der Waals surface area contributed by atoms with E-state index in [1.165, 1.54) is 6.33 Å².